The molecule has 0 spiro atoms. The lowest BCUT2D eigenvalue weighted by atomic mass is 9.89. The van der Waals surface area contributed by atoms with Crippen LogP contribution >= 0.6 is 0 Å². The van der Waals surface area contributed by atoms with Crippen molar-refractivity contribution in [2.75, 3.05) is 32.8 Å². The van der Waals surface area contributed by atoms with E-state index in [1.165, 1.54) is 19.9 Å². The van der Waals surface area contributed by atoms with E-state index in [0.717, 1.165) is 0 Å². The Balaban J connectivity index is 2.52. The van der Waals surface area contributed by atoms with E-state index in [-0.39, 0.29) is 96.1 Å². The second-order valence-corrected chi connectivity index (χ2v) is 13.1. The van der Waals surface area contributed by atoms with E-state index < -0.39 is 59.5 Å². The number of aliphatic hydroxyl groups excluding tert-OH is 1. The molecule has 18 heteroatoms. The third-order valence-electron chi connectivity index (χ3n) is 8.41. The topological polar surface area (TPSA) is 255 Å². The number of hydrogen-bond acceptors (Lipinski definition) is 12. The second kappa shape index (κ2) is 23.4. The molecule has 1 rings (SSSR count). The number of nitrogens with zero attached hydrogens (tertiary/aromatic N) is 3. The summed E-state index contributed by atoms with van der Waals surface area (Å²) < 4.78 is 5.40. The first kappa shape index (κ1) is 44.9. The number of hydrogen-bond donors (Lipinski definition) is 7. The van der Waals surface area contributed by atoms with Gasteiger partial charge in [0.2, 0.25) is 29.5 Å². The SMILES string of the molecule is CC(=O)NC(CCCN(O)C(=O)/C=C(\C)CCO)C(=O)OCCC(CC(=O)N(O)CCCC1NC(=O)C(CCCN(O)C(C)=O)NC1=O)C(C)C. The zero-order valence-electron chi connectivity index (χ0n) is 30.3. The van der Waals surface area contributed by atoms with Crippen LogP contribution in [0, 0.1) is 11.8 Å². The van der Waals surface area contributed by atoms with Crippen molar-refractivity contribution >= 4 is 41.4 Å². The van der Waals surface area contributed by atoms with Gasteiger partial charge < -0.3 is 25.8 Å². The molecule has 1 heterocycles. The van der Waals surface area contributed by atoms with Crippen molar-refractivity contribution in [3.8, 4) is 0 Å². The predicted octanol–water partition coefficient (Wildman–Crippen LogP) is 0.413. The molecule has 0 bridgehead atoms. The van der Waals surface area contributed by atoms with Crippen LogP contribution < -0.4 is 16.0 Å². The molecule has 1 fully saturated rings. The number of carbonyl (C=O) groups is 7. The molecule has 4 unspecified atom stereocenters. The van der Waals surface area contributed by atoms with Crippen LogP contribution in [0.3, 0.4) is 0 Å². The summed E-state index contributed by atoms with van der Waals surface area (Å²) in [6, 6.07) is -2.69. The third-order valence-corrected chi connectivity index (χ3v) is 8.41. The molecule has 6 amide bonds. The first-order valence-corrected chi connectivity index (χ1v) is 17.3. The molecule has 1 saturated heterocycles. The number of carbonyl (C=O) groups excluding carboxylic acids is 7. The quantitative estimate of drug-likeness (QED) is 0.0327. The zero-order valence-corrected chi connectivity index (χ0v) is 30.3. The highest BCUT2D eigenvalue weighted by Gasteiger charge is 2.33. The molecule has 4 atom stereocenters. The summed E-state index contributed by atoms with van der Waals surface area (Å²) in [5.74, 6) is -4.08. The molecule has 0 saturated carbocycles. The molecule has 1 aliphatic rings. The first-order valence-electron chi connectivity index (χ1n) is 17.3. The van der Waals surface area contributed by atoms with E-state index in [4.69, 9.17) is 9.84 Å². The van der Waals surface area contributed by atoms with Crippen molar-refractivity contribution in [3.63, 3.8) is 0 Å². The summed E-state index contributed by atoms with van der Waals surface area (Å²) in [6.45, 7) is 7.45. The van der Waals surface area contributed by atoms with E-state index in [1.54, 1.807) is 6.92 Å². The number of rotatable bonds is 23. The maximum Gasteiger partial charge on any atom is 0.328 e. The van der Waals surface area contributed by atoms with Crippen LogP contribution in [0.25, 0.3) is 0 Å². The first-order chi connectivity index (χ1) is 24.0. The molecule has 0 radical (unpaired) electrons. The van der Waals surface area contributed by atoms with Crippen LogP contribution in [0.5, 0.6) is 0 Å². The van der Waals surface area contributed by atoms with Crippen molar-refractivity contribution in [2.45, 2.75) is 111 Å². The van der Waals surface area contributed by atoms with Gasteiger partial charge in [-0.1, -0.05) is 19.4 Å². The van der Waals surface area contributed by atoms with Crippen molar-refractivity contribution in [3.05, 3.63) is 11.6 Å². The van der Waals surface area contributed by atoms with Gasteiger partial charge in [-0.05, 0) is 70.1 Å². The number of esters is 1. The fraction of sp³-hybridized carbons (Fsp3) is 0.727. The lowest BCUT2D eigenvalue weighted by Gasteiger charge is -2.30. The summed E-state index contributed by atoms with van der Waals surface area (Å²) in [6.07, 6.45) is 2.84. The number of ether oxygens (including phenoxy) is 1. The molecular formula is C33H56N6O12. The van der Waals surface area contributed by atoms with Crippen molar-refractivity contribution < 1.29 is 59.0 Å². The molecule has 0 aromatic heterocycles. The molecule has 1 aliphatic heterocycles. The third kappa shape index (κ3) is 17.6. The van der Waals surface area contributed by atoms with Crippen molar-refractivity contribution in [1.82, 2.24) is 31.1 Å². The Morgan fingerprint density at radius 2 is 1.39 bits per heavy atom. The Hall–Kier alpha value is -4.13. The molecule has 0 aliphatic carbocycles. The van der Waals surface area contributed by atoms with Crippen LogP contribution in [0.15, 0.2) is 11.6 Å². The number of hydroxylamine groups is 6. The van der Waals surface area contributed by atoms with E-state index in [2.05, 4.69) is 16.0 Å². The average Bonchev–Trinajstić information content (AvgIpc) is 3.04. The standard InChI is InChI=1S/C33H56N6O12/c1-21(2)25(13-18-51-33(47)28(34-23(4)41)11-8-16-38(49)29(43)19-22(3)12-17-40)20-30(44)39(50)15-7-10-27-32(46)35-26(31(45)36-27)9-6-14-37(48)24(5)42/h19,21,25-28,40,48-50H,6-18,20H2,1-5H3,(H,34,41)(H,35,46)(H,36,45)/b22-19+. The molecule has 18 nitrogen and oxygen atoms in total. The molecule has 290 valence electrons. The minimum Gasteiger partial charge on any atom is -0.464 e. The minimum absolute atomic E-state index is 0.0174. The normalized spacial score (nSPS) is 17.2. The number of piperazine rings is 1. The fourth-order valence-corrected chi connectivity index (χ4v) is 5.25. The van der Waals surface area contributed by atoms with Crippen LogP contribution in [-0.4, -0.2) is 128 Å². The van der Waals surface area contributed by atoms with E-state index in [0.29, 0.717) is 27.2 Å². The van der Waals surface area contributed by atoms with Gasteiger partial charge in [0.25, 0.3) is 5.91 Å². The summed E-state index contributed by atoms with van der Waals surface area (Å²) in [5.41, 5.74) is 0.586. The van der Waals surface area contributed by atoms with Gasteiger partial charge in [-0.25, -0.2) is 20.0 Å². The van der Waals surface area contributed by atoms with E-state index in [1.807, 2.05) is 13.8 Å². The Morgan fingerprint density at radius 1 is 0.843 bits per heavy atom. The Bertz CT molecular complexity index is 1230. The van der Waals surface area contributed by atoms with Crippen LogP contribution in [-0.2, 0) is 38.3 Å². The fourth-order valence-electron chi connectivity index (χ4n) is 5.25. The Kier molecular flexibility index (Phi) is 20.6. The highest BCUT2D eigenvalue weighted by molar-refractivity contribution is 5.96. The van der Waals surface area contributed by atoms with Gasteiger partial charge in [0.1, 0.15) is 18.1 Å². The summed E-state index contributed by atoms with van der Waals surface area (Å²) >= 11 is 0. The summed E-state index contributed by atoms with van der Waals surface area (Å²) in [5, 5.41) is 48.1. The minimum atomic E-state index is -1.03. The van der Waals surface area contributed by atoms with Gasteiger partial charge in [0, 0.05) is 52.6 Å². The van der Waals surface area contributed by atoms with Crippen molar-refractivity contribution in [1.29, 1.82) is 0 Å². The van der Waals surface area contributed by atoms with Crippen LogP contribution in [0.4, 0.5) is 0 Å². The van der Waals surface area contributed by atoms with E-state index >= 15 is 0 Å². The zero-order chi connectivity index (χ0) is 38.7. The van der Waals surface area contributed by atoms with Gasteiger partial charge in [-0.2, -0.15) is 0 Å². The number of amides is 6. The molecule has 51 heavy (non-hydrogen) atoms. The molecular weight excluding hydrogens is 672 g/mol. The Labute approximate surface area is 298 Å². The molecule has 7 N–H and O–H groups in total. The van der Waals surface area contributed by atoms with E-state index in [9.17, 15) is 49.2 Å². The van der Waals surface area contributed by atoms with Gasteiger partial charge in [-0.15, -0.1) is 0 Å². The van der Waals surface area contributed by atoms with Crippen molar-refractivity contribution in [2.24, 2.45) is 11.8 Å². The average molecular weight is 729 g/mol. The lowest BCUT2D eigenvalue weighted by molar-refractivity contribution is -0.167. The molecule has 0 aromatic carbocycles. The predicted molar refractivity (Wildman–Crippen MR) is 179 cm³/mol. The molecule has 0 aromatic rings. The van der Waals surface area contributed by atoms with Gasteiger partial charge >= 0.3 is 5.97 Å². The highest BCUT2D eigenvalue weighted by atomic mass is 16.5. The van der Waals surface area contributed by atoms with Crippen LogP contribution in [0.1, 0.15) is 92.4 Å². The largest absolute Gasteiger partial charge is 0.464 e. The van der Waals surface area contributed by atoms with Gasteiger partial charge in [0.15, 0.2) is 0 Å². The highest BCUT2D eigenvalue weighted by Crippen LogP contribution is 2.21. The lowest BCUT2D eigenvalue weighted by Crippen LogP contribution is -2.61. The maximum atomic E-state index is 12.8. The maximum absolute atomic E-state index is 12.8. The number of aliphatic hydroxyl groups is 1. The summed E-state index contributed by atoms with van der Waals surface area (Å²) in [4.78, 5) is 85.4. The summed E-state index contributed by atoms with van der Waals surface area (Å²) in [7, 11) is 0. The smallest absolute Gasteiger partial charge is 0.328 e. The second-order valence-electron chi connectivity index (χ2n) is 13.1. The van der Waals surface area contributed by atoms with Gasteiger partial charge in [0.05, 0.1) is 6.61 Å². The van der Waals surface area contributed by atoms with Crippen LogP contribution in [0.2, 0.25) is 0 Å². The Morgan fingerprint density at radius 3 is 1.90 bits per heavy atom. The number of nitrogens with one attached hydrogen (secondary N) is 3. The monoisotopic (exact) mass is 728 g/mol. The van der Waals surface area contributed by atoms with Gasteiger partial charge in [-0.3, -0.25) is 44.4 Å².